The highest BCUT2D eigenvalue weighted by atomic mass is 79.9. The summed E-state index contributed by atoms with van der Waals surface area (Å²) in [6, 6.07) is 10.9. The van der Waals surface area contributed by atoms with Gasteiger partial charge in [0.05, 0.1) is 10.5 Å². The van der Waals surface area contributed by atoms with Gasteiger partial charge in [0.2, 0.25) is 0 Å². The molecule has 0 aromatic heterocycles. The Morgan fingerprint density at radius 1 is 1.19 bits per heavy atom. The summed E-state index contributed by atoms with van der Waals surface area (Å²) in [5.41, 5.74) is 0.814. The highest BCUT2D eigenvalue weighted by Gasteiger charge is 2.12. The number of sulfone groups is 1. The van der Waals surface area contributed by atoms with Crippen molar-refractivity contribution in [2.24, 2.45) is 0 Å². The molecule has 0 bridgehead atoms. The van der Waals surface area contributed by atoms with E-state index in [-0.39, 0.29) is 10.8 Å². The monoisotopic (exact) mass is 387 g/mol. The van der Waals surface area contributed by atoms with Crippen LogP contribution in [0.3, 0.4) is 0 Å². The first kappa shape index (κ1) is 16.0. The fourth-order valence-corrected chi connectivity index (χ4v) is 3.21. The third-order valence-electron chi connectivity index (χ3n) is 2.70. The maximum atomic E-state index is 12.2. The van der Waals surface area contributed by atoms with Crippen molar-refractivity contribution in [2.75, 3.05) is 11.6 Å². The molecular weight excluding hydrogens is 378 g/mol. The first-order valence-corrected chi connectivity index (χ1v) is 8.90. The van der Waals surface area contributed by atoms with Crippen LogP contribution < -0.4 is 5.32 Å². The largest absolute Gasteiger partial charge is 0.322 e. The van der Waals surface area contributed by atoms with Crippen LogP contribution in [0.25, 0.3) is 0 Å². The van der Waals surface area contributed by atoms with E-state index in [2.05, 4.69) is 21.2 Å². The van der Waals surface area contributed by atoms with Gasteiger partial charge < -0.3 is 5.32 Å². The van der Waals surface area contributed by atoms with Gasteiger partial charge in [-0.25, -0.2) is 8.42 Å². The molecule has 4 nitrogen and oxygen atoms in total. The molecule has 0 heterocycles. The molecule has 0 saturated carbocycles. The van der Waals surface area contributed by atoms with E-state index >= 15 is 0 Å². The topological polar surface area (TPSA) is 63.2 Å². The number of anilines is 1. The summed E-state index contributed by atoms with van der Waals surface area (Å²) in [7, 11) is -3.32. The van der Waals surface area contributed by atoms with Crippen molar-refractivity contribution < 1.29 is 13.2 Å². The van der Waals surface area contributed by atoms with Crippen molar-refractivity contribution in [1.29, 1.82) is 0 Å². The first-order chi connectivity index (χ1) is 9.77. The minimum Gasteiger partial charge on any atom is -0.322 e. The summed E-state index contributed by atoms with van der Waals surface area (Å²) in [6.07, 6.45) is 1.11. The number of amides is 1. The minimum absolute atomic E-state index is 0.149. The smallest absolute Gasteiger partial charge is 0.256 e. The highest BCUT2D eigenvalue weighted by molar-refractivity contribution is 9.10. The molecule has 1 N–H and O–H groups in total. The lowest BCUT2D eigenvalue weighted by atomic mass is 10.2. The fourth-order valence-electron chi connectivity index (χ4n) is 1.68. The molecule has 0 saturated heterocycles. The number of hydrogen-bond donors (Lipinski definition) is 1. The van der Waals surface area contributed by atoms with Crippen molar-refractivity contribution in [1.82, 2.24) is 0 Å². The zero-order chi connectivity index (χ0) is 15.6. The van der Waals surface area contributed by atoms with Crippen LogP contribution in [0.15, 0.2) is 51.8 Å². The molecule has 21 heavy (non-hydrogen) atoms. The van der Waals surface area contributed by atoms with Gasteiger partial charge in [-0.15, -0.1) is 0 Å². The Kier molecular flexibility index (Phi) is 4.70. The maximum absolute atomic E-state index is 12.2. The standard InChI is InChI=1S/C14H11BrClNO3S/c1-21(19,20)11-4-2-3-10(8-11)17-14(18)12-6-5-9(16)7-13(12)15/h2-8H,1H3,(H,17,18). The molecule has 0 aliphatic rings. The summed E-state index contributed by atoms with van der Waals surface area (Å²) < 4.78 is 23.6. The van der Waals surface area contributed by atoms with E-state index in [0.717, 1.165) is 6.26 Å². The number of carbonyl (C=O) groups excluding carboxylic acids is 1. The second-order valence-corrected chi connectivity index (χ2v) is 7.68. The molecule has 0 aliphatic carbocycles. The molecule has 2 aromatic carbocycles. The van der Waals surface area contributed by atoms with Crippen LogP contribution in [0.2, 0.25) is 5.02 Å². The Morgan fingerprint density at radius 2 is 1.90 bits per heavy atom. The van der Waals surface area contributed by atoms with Crippen molar-refractivity contribution in [3.8, 4) is 0 Å². The molecule has 0 atom stereocenters. The van der Waals surface area contributed by atoms with Crippen LogP contribution in [-0.2, 0) is 9.84 Å². The second kappa shape index (κ2) is 6.17. The third-order valence-corrected chi connectivity index (χ3v) is 4.70. The molecule has 0 spiro atoms. The number of carbonyl (C=O) groups is 1. The Balaban J connectivity index is 2.28. The Hall–Kier alpha value is -1.37. The first-order valence-electron chi connectivity index (χ1n) is 5.84. The molecule has 7 heteroatoms. The summed E-state index contributed by atoms with van der Waals surface area (Å²) in [5, 5.41) is 3.17. The SMILES string of the molecule is CS(=O)(=O)c1cccc(NC(=O)c2ccc(Cl)cc2Br)c1. The van der Waals surface area contributed by atoms with Gasteiger partial charge in [-0.05, 0) is 52.3 Å². The van der Waals surface area contributed by atoms with Crippen molar-refractivity contribution in [3.05, 3.63) is 57.5 Å². The molecular formula is C14H11BrClNO3S. The summed E-state index contributed by atoms with van der Waals surface area (Å²) in [6.45, 7) is 0. The second-order valence-electron chi connectivity index (χ2n) is 4.38. The van der Waals surface area contributed by atoms with E-state index in [4.69, 9.17) is 11.6 Å². The summed E-state index contributed by atoms with van der Waals surface area (Å²) in [4.78, 5) is 12.3. The lowest BCUT2D eigenvalue weighted by Crippen LogP contribution is -2.13. The van der Waals surface area contributed by atoms with Gasteiger partial charge in [0.25, 0.3) is 5.91 Å². The van der Waals surface area contributed by atoms with Crippen LogP contribution in [0, 0.1) is 0 Å². The average Bonchev–Trinajstić information content (AvgIpc) is 2.37. The van der Waals surface area contributed by atoms with E-state index in [1.54, 1.807) is 30.3 Å². The molecule has 0 fully saturated rings. The van der Waals surface area contributed by atoms with Gasteiger partial charge >= 0.3 is 0 Å². The normalized spacial score (nSPS) is 11.2. The Morgan fingerprint density at radius 3 is 2.52 bits per heavy atom. The third kappa shape index (κ3) is 4.06. The zero-order valence-corrected chi connectivity index (χ0v) is 14.1. The lowest BCUT2D eigenvalue weighted by Gasteiger charge is -2.08. The van der Waals surface area contributed by atoms with Gasteiger partial charge in [-0.3, -0.25) is 4.79 Å². The van der Waals surface area contributed by atoms with Gasteiger partial charge in [0.15, 0.2) is 9.84 Å². The van der Waals surface area contributed by atoms with E-state index < -0.39 is 9.84 Å². The van der Waals surface area contributed by atoms with Crippen molar-refractivity contribution in [2.45, 2.75) is 4.90 Å². The molecule has 2 aromatic rings. The summed E-state index contributed by atoms with van der Waals surface area (Å²) >= 11 is 9.09. The molecule has 0 aliphatic heterocycles. The van der Waals surface area contributed by atoms with E-state index in [9.17, 15) is 13.2 Å². The van der Waals surface area contributed by atoms with E-state index in [1.165, 1.54) is 12.1 Å². The summed E-state index contributed by atoms with van der Waals surface area (Å²) in [5.74, 6) is -0.357. The molecule has 1 amide bonds. The number of rotatable bonds is 3. The number of nitrogens with one attached hydrogen (secondary N) is 1. The molecule has 2 rings (SSSR count). The average molecular weight is 389 g/mol. The Bertz CT molecular complexity index is 806. The number of halogens is 2. The maximum Gasteiger partial charge on any atom is 0.256 e. The quantitative estimate of drug-likeness (QED) is 0.871. The van der Waals surface area contributed by atoms with Crippen molar-refractivity contribution >= 4 is 49.0 Å². The van der Waals surface area contributed by atoms with Gasteiger partial charge in [-0.1, -0.05) is 17.7 Å². The highest BCUT2D eigenvalue weighted by Crippen LogP contribution is 2.23. The zero-order valence-electron chi connectivity index (χ0n) is 10.9. The Labute approximate surface area is 136 Å². The minimum atomic E-state index is -3.32. The van der Waals surface area contributed by atoms with Crippen LogP contribution >= 0.6 is 27.5 Å². The number of hydrogen-bond acceptors (Lipinski definition) is 3. The van der Waals surface area contributed by atoms with E-state index in [0.29, 0.717) is 20.7 Å². The molecule has 0 unspecified atom stereocenters. The predicted octanol–water partition coefficient (Wildman–Crippen LogP) is 3.76. The van der Waals surface area contributed by atoms with Crippen molar-refractivity contribution in [3.63, 3.8) is 0 Å². The van der Waals surface area contributed by atoms with Crippen LogP contribution in [-0.4, -0.2) is 20.6 Å². The molecule has 110 valence electrons. The molecule has 0 radical (unpaired) electrons. The lowest BCUT2D eigenvalue weighted by molar-refractivity contribution is 0.102. The van der Waals surface area contributed by atoms with Gasteiger partial charge in [0, 0.05) is 21.4 Å². The van der Waals surface area contributed by atoms with Crippen LogP contribution in [0.1, 0.15) is 10.4 Å². The van der Waals surface area contributed by atoms with Crippen LogP contribution in [0.5, 0.6) is 0 Å². The number of benzene rings is 2. The predicted molar refractivity (Wildman–Crippen MR) is 86.7 cm³/mol. The van der Waals surface area contributed by atoms with E-state index in [1.807, 2.05) is 0 Å². The fraction of sp³-hybridized carbons (Fsp3) is 0.0714. The van der Waals surface area contributed by atoms with Crippen LogP contribution in [0.4, 0.5) is 5.69 Å². The van der Waals surface area contributed by atoms with Gasteiger partial charge in [-0.2, -0.15) is 0 Å². The van der Waals surface area contributed by atoms with Gasteiger partial charge in [0.1, 0.15) is 0 Å².